The predicted octanol–water partition coefficient (Wildman–Crippen LogP) is 6.59. The molecule has 4 rings (SSSR count). The summed E-state index contributed by atoms with van der Waals surface area (Å²) >= 11 is 0. The fourth-order valence-electron chi connectivity index (χ4n) is 5.19. The first-order chi connectivity index (χ1) is 19.2. The minimum Gasteiger partial charge on any atom is -0.484 e. The monoisotopic (exact) mass is 544 g/mol. The van der Waals surface area contributed by atoms with Gasteiger partial charge in [0.25, 0.3) is 5.91 Å². The number of carbonyl (C=O) groups excluding carboxylic acids is 2. The molecule has 0 radical (unpaired) electrons. The highest BCUT2D eigenvalue weighted by atomic mass is 19.1. The van der Waals surface area contributed by atoms with E-state index < -0.39 is 11.9 Å². The lowest BCUT2D eigenvalue weighted by molar-refractivity contribution is -0.143. The number of hydrogen-bond donors (Lipinski definition) is 1. The van der Waals surface area contributed by atoms with Crippen LogP contribution in [0.15, 0.2) is 78.9 Å². The Hall–Kier alpha value is -3.67. The maximum atomic E-state index is 14.8. The summed E-state index contributed by atoms with van der Waals surface area (Å²) in [6.45, 7) is 6.12. The van der Waals surface area contributed by atoms with E-state index in [0.717, 1.165) is 36.8 Å². The molecule has 3 aromatic rings. The summed E-state index contributed by atoms with van der Waals surface area (Å²) in [5.74, 6) is -0.429. The van der Waals surface area contributed by atoms with Crippen LogP contribution in [-0.2, 0) is 28.0 Å². The van der Waals surface area contributed by atoms with Crippen LogP contribution in [0.4, 0.5) is 4.39 Å². The van der Waals surface area contributed by atoms with E-state index in [2.05, 4.69) is 26.1 Å². The van der Waals surface area contributed by atoms with Gasteiger partial charge in [-0.25, -0.2) is 4.39 Å². The molecular weight excluding hydrogens is 503 g/mol. The fraction of sp³-hybridized carbons (Fsp3) is 0.412. The molecule has 0 saturated heterocycles. The van der Waals surface area contributed by atoms with Gasteiger partial charge >= 0.3 is 0 Å². The number of nitrogens with zero attached hydrogens (tertiary/aromatic N) is 1. The topological polar surface area (TPSA) is 58.6 Å². The van der Waals surface area contributed by atoms with Gasteiger partial charge in [-0.1, -0.05) is 101 Å². The molecule has 0 aromatic heterocycles. The Bertz CT molecular complexity index is 1250. The van der Waals surface area contributed by atoms with E-state index in [4.69, 9.17) is 4.74 Å². The van der Waals surface area contributed by atoms with Crippen molar-refractivity contribution in [2.75, 3.05) is 6.61 Å². The van der Waals surface area contributed by atoms with E-state index in [0.29, 0.717) is 17.7 Å². The molecule has 6 heteroatoms. The fourth-order valence-corrected chi connectivity index (χ4v) is 5.19. The van der Waals surface area contributed by atoms with Crippen LogP contribution in [0.25, 0.3) is 0 Å². The molecule has 0 aliphatic heterocycles. The van der Waals surface area contributed by atoms with Gasteiger partial charge in [0, 0.05) is 24.6 Å². The van der Waals surface area contributed by atoms with Crippen molar-refractivity contribution in [2.45, 2.75) is 83.3 Å². The average Bonchev–Trinajstić information content (AvgIpc) is 2.95. The van der Waals surface area contributed by atoms with Gasteiger partial charge in [-0.05, 0) is 47.6 Å². The van der Waals surface area contributed by atoms with Crippen molar-refractivity contribution in [2.24, 2.45) is 0 Å². The first kappa shape index (κ1) is 29.3. The molecule has 2 amide bonds. The normalized spacial score (nSPS) is 14.8. The number of halogens is 1. The summed E-state index contributed by atoms with van der Waals surface area (Å²) in [7, 11) is 0. The molecule has 0 unspecified atom stereocenters. The van der Waals surface area contributed by atoms with Gasteiger partial charge in [-0.3, -0.25) is 9.59 Å². The Labute approximate surface area is 237 Å². The van der Waals surface area contributed by atoms with Gasteiger partial charge < -0.3 is 15.0 Å². The van der Waals surface area contributed by atoms with Crippen LogP contribution in [0.3, 0.4) is 0 Å². The van der Waals surface area contributed by atoms with Crippen LogP contribution in [0.5, 0.6) is 5.75 Å². The van der Waals surface area contributed by atoms with Crippen LogP contribution >= 0.6 is 0 Å². The second kappa shape index (κ2) is 13.6. The molecule has 0 spiro atoms. The maximum Gasteiger partial charge on any atom is 0.261 e. The Morgan fingerprint density at radius 3 is 2.23 bits per heavy atom. The first-order valence-electron chi connectivity index (χ1n) is 14.3. The molecule has 1 fully saturated rings. The van der Waals surface area contributed by atoms with E-state index in [1.54, 1.807) is 18.2 Å². The lowest BCUT2D eigenvalue weighted by atomic mass is 9.87. The van der Waals surface area contributed by atoms with Crippen molar-refractivity contribution in [1.82, 2.24) is 10.2 Å². The van der Waals surface area contributed by atoms with Gasteiger partial charge in [0.15, 0.2) is 6.61 Å². The van der Waals surface area contributed by atoms with E-state index >= 15 is 0 Å². The number of carbonyl (C=O) groups is 2. The Morgan fingerprint density at radius 2 is 1.57 bits per heavy atom. The second-order valence-electron chi connectivity index (χ2n) is 11.7. The highest BCUT2D eigenvalue weighted by Crippen LogP contribution is 2.25. The minimum atomic E-state index is -0.816. The number of nitrogens with one attached hydrogen (secondary N) is 1. The molecule has 1 N–H and O–H groups in total. The highest BCUT2D eigenvalue weighted by molar-refractivity contribution is 5.88. The smallest absolute Gasteiger partial charge is 0.261 e. The van der Waals surface area contributed by atoms with Crippen molar-refractivity contribution >= 4 is 11.8 Å². The van der Waals surface area contributed by atoms with Crippen LogP contribution in [0.2, 0.25) is 0 Å². The Balaban J connectivity index is 1.59. The predicted molar refractivity (Wildman–Crippen MR) is 157 cm³/mol. The number of benzene rings is 3. The standard InChI is InChI=1S/C34H41FN2O3/c1-34(2,3)27-18-20-29(21-19-27)40-24-32(38)37(23-26-14-10-11-17-30(26)35)31(22-25-12-6-4-7-13-25)33(39)36-28-15-8-5-9-16-28/h4,6-7,10-14,17-21,28,31H,5,8-9,15-16,22-24H2,1-3H3,(H,36,39)/t31-/m0/s1. The van der Waals surface area contributed by atoms with Crippen LogP contribution < -0.4 is 10.1 Å². The summed E-state index contributed by atoms with van der Waals surface area (Å²) in [5.41, 5.74) is 2.45. The van der Waals surface area contributed by atoms with Crippen molar-refractivity contribution in [3.05, 3.63) is 101 Å². The van der Waals surface area contributed by atoms with Crippen molar-refractivity contribution in [3.8, 4) is 5.75 Å². The molecule has 0 bridgehead atoms. The third kappa shape index (κ3) is 8.17. The van der Waals surface area contributed by atoms with E-state index in [9.17, 15) is 14.0 Å². The second-order valence-corrected chi connectivity index (χ2v) is 11.7. The third-order valence-electron chi connectivity index (χ3n) is 7.60. The first-order valence-corrected chi connectivity index (χ1v) is 14.3. The van der Waals surface area contributed by atoms with Crippen LogP contribution in [0.1, 0.15) is 69.6 Å². The number of hydrogen-bond acceptors (Lipinski definition) is 3. The summed E-state index contributed by atoms with van der Waals surface area (Å²) in [6, 6.07) is 23.0. The van der Waals surface area contributed by atoms with Gasteiger partial charge in [0.1, 0.15) is 17.6 Å². The Morgan fingerprint density at radius 1 is 0.925 bits per heavy atom. The SMILES string of the molecule is CC(C)(C)c1ccc(OCC(=O)N(Cc2ccccc2F)[C@@H](Cc2ccccc2)C(=O)NC2CCCCC2)cc1. The van der Waals surface area contributed by atoms with E-state index in [1.807, 2.05) is 54.6 Å². The molecule has 1 saturated carbocycles. The number of amides is 2. The third-order valence-corrected chi connectivity index (χ3v) is 7.60. The van der Waals surface area contributed by atoms with Crippen molar-refractivity contribution < 1.29 is 18.7 Å². The average molecular weight is 545 g/mol. The quantitative estimate of drug-likeness (QED) is 0.313. The Kier molecular flexibility index (Phi) is 9.97. The molecule has 0 heterocycles. The molecular formula is C34H41FN2O3. The zero-order valence-electron chi connectivity index (χ0n) is 23.9. The summed E-state index contributed by atoms with van der Waals surface area (Å²) in [5, 5.41) is 3.20. The zero-order chi connectivity index (χ0) is 28.5. The summed E-state index contributed by atoms with van der Waals surface area (Å²) < 4.78 is 20.7. The van der Waals surface area contributed by atoms with Crippen molar-refractivity contribution in [3.63, 3.8) is 0 Å². The molecule has 5 nitrogen and oxygen atoms in total. The van der Waals surface area contributed by atoms with Gasteiger partial charge in [0.2, 0.25) is 5.91 Å². The van der Waals surface area contributed by atoms with Crippen LogP contribution in [-0.4, -0.2) is 35.4 Å². The summed E-state index contributed by atoms with van der Waals surface area (Å²) in [4.78, 5) is 29.1. The molecule has 1 aliphatic rings. The van der Waals surface area contributed by atoms with Gasteiger partial charge in [0.05, 0.1) is 0 Å². The lowest BCUT2D eigenvalue weighted by Gasteiger charge is -2.33. The highest BCUT2D eigenvalue weighted by Gasteiger charge is 2.32. The zero-order valence-corrected chi connectivity index (χ0v) is 23.9. The van der Waals surface area contributed by atoms with Crippen molar-refractivity contribution in [1.29, 1.82) is 0 Å². The van der Waals surface area contributed by atoms with Gasteiger partial charge in [-0.2, -0.15) is 0 Å². The molecule has 40 heavy (non-hydrogen) atoms. The molecule has 3 aromatic carbocycles. The molecule has 1 atom stereocenters. The number of ether oxygens (including phenoxy) is 1. The summed E-state index contributed by atoms with van der Waals surface area (Å²) in [6.07, 6.45) is 5.51. The van der Waals surface area contributed by atoms with E-state index in [1.165, 1.54) is 17.4 Å². The molecule has 212 valence electrons. The largest absolute Gasteiger partial charge is 0.484 e. The van der Waals surface area contributed by atoms with E-state index in [-0.39, 0.29) is 36.4 Å². The maximum absolute atomic E-state index is 14.8. The lowest BCUT2D eigenvalue weighted by Crippen LogP contribution is -2.53. The van der Waals surface area contributed by atoms with Gasteiger partial charge in [-0.15, -0.1) is 0 Å². The number of rotatable bonds is 10. The van der Waals surface area contributed by atoms with Crippen LogP contribution in [0, 0.1) is 5.82 Å². The molecule has 1 aliphatic carbocycles. The minimum absolute atomic E-state index is 0.00125.